The first-order chi connectivity index (χ1) is 35.5. The molecule has 5 unspecified atom stereocenters. The third-order valence-corrected chi connectivity index (χ3v) is 16.3. The van der Waals surface area contributed by atoms with Gasteiger partial charge < -0.3 is 54.8 Å². The number of ether oxygens (including phenoxy) is 6. The molecule has 8 rings (SSSR count). The van der Waals surface area contributed by atoms with E-state index >= 15 is 9.59 Å². The molecule has 5 aromatic rings. The van der Waals surface area contributed by atoms with Crippen molar-refractivity contribution in [2.24, 2.45) is 11.8 Å². The predicted octanol–water partition coefficient (Wildman–Crippen LogP) is 9.32. The standard InChI is InChI=1S/C59H78N4O12/c1-14-74-58(6,7)19-22-60-55(68)32-15-17-34(26-32)62-37-28-39(70-10)45-46-40(71-11)29-38(65)44-47(46)42-36(25-30(2)41(31(3)64)50-48(42)49(45)43(37)53(67)54(50)72-12)51(52(44)66)63-35-18-16-33(27-35)56(69)61-23-20-59(8,9)75-24-21-57(4,5)73-13/h25,28-29,32-35,41,62-63,65H,14-24,26-27H2,1-13H3,(H,60,68)(H,61,69). The Hall–Kier alpha value is -5.97. The maximum Gasteiger partial charge on any atom is 0.230 e. The third-order valence-electron chi connectivity index (χ3n) is 16.3. The lowest BCUT2D eigenvalue weighted by molar-refractivity contribution is -0.126. The maximum atomic E-state index is 15.4. The Morgan fingerprint density at radius 3 is 1.76 bits per heavy atom. The Kier molecular flexibility index (Phi) is 15.9. The van der Waals surface area contributed by atoms with Crippen LogP contribution in [0.15, 0.2) is 27.3 Å². The molecule has 2 amide bonds. The van der Waals surface area contributed by atoms with Gasteiger partial charge in [-0.2, -0.15) is 0 Å². The van der Waals surface area contributed by atoms with Crippen molar-refractivity contribution in [2.45, 2.75) is 155 Å². The molecule has 5 aromatic carbocycles. The lowest BCUT2D eigenvalue weighted by Crippen LogP contribution is -2.36. The zero-order valence-corrected chi connectivity index (χ0v) is 46.2. The second-order valence-corrected chi connectivity index (χ2v) is 22.8. The SMILES string of the molecule is CCOC(C)(C)CCNC(=O)C1CCC(Nc2cc(OC)c3c4c(OC)cc(O)c5c(=O)c(NC6CCC(C(=O)NCCC(C)(C)OCCC(C)(C)OC)C6)c6c(c7c(c(OC)c(=O)c2c37)C(C(C)=O)C(C)=C6)c54)C1. The Morgan fingerprint density at radius 2 is 1.21 bits per heavy atom. The first-order valence-corrected chi connectivity index (χ1v) is 26.7. The molecule has 5 atom stereocenters. The van der Waals surface area contributed by atoms with Gasteiger partial charge in [-0.3, -0.25) is 24.0 Å². The predicted molar refractivity (Wildman–Crippen MR) is 296 cm³/mol. The van der Waals surface area contributed by atoms with Crippen LogP contribution in [0.1, 0.15) is 137 Å². The summed E-state index contributed by atoms with van der Waals surface area (Å²) in [5, 5.41) is 28.6. The molecular formula is C59H78N4O12. The van der Waals surface area contributed by atoms with Crippen LogP contribution in [0.25, 0.3) is 49.2 Å². The molecule has 75 heavy (non-hydrogen) atoms. The van der Waals surface area contributed by atoms with Crippen molar-refractivity contribution < 1.29 is 47.9 Å². The Bertz CT molecular complexity index is 3160. The minimum atomic E-state index is -0.964. The third kappa shape index (κ3) is 10.6. The van der Waals surface area contributed by atoms with E-state index in [1.807, 2.05) is 61.5 Å². The molecule has 0 heterocycles. The minimum Gasteiger partial charge on any atom is -0.507 e. The number of amides is 2. The number of methoxy groups -OCH3 is 4. The van der Waals surface area contributed by atoms with Gasteiger partial charge in [-0.1, -0.05) is 11.6 Å². The van der Waals surface area contributed by atoms with Crippen LogP contribution in [0.3, 0.4) is 0 Å². The lowest BCUT2D eigenvalue weighted by atomic mass is 9.80. The molecule has 406 valence electrons. The first-order valence-electron chi connectivity index (χ1n) is 26.7. The number of rotatable bonds is 23. The average Bonchev–Trinajstić information content (AvgIpc) is 4.00. The number of hydrogen-bond acceptors (Lipinski definition) is 14. The van der Waals surface area contributed by atoms with E-state index in [9.17, 15) is 19.5 Å². The normalized spacial score (nSPS) is 20.0. The summed E-state index contributed by atoms with van der Waals surface area (Å²) in [5.41, 5.74) is 0.0349. The summed E-state index contributed by atoms with van der Waals surface area (Å²) >= 11 is 0. The highest BCUT2D eigenvalue weighted by Gasteiger charge is 2.39. The fourth-order valence-electron chi connectivity index (χ4n) is 12.1. The van der Waals surface area contributed by atoms with Crippen LogP contribution in [0.4, 0.5) is 11.4 Å². The van der Waals surface area contributed by atoms with Crippen LogP contribution >= 0.6 is 0 Å². The van der Waals surface area contributed by atoms with E-state index in [1.165, 1.54) is 34.3 Å². The number of phenolic OH excluding ortho intramolecular Hbond substituents is 1. The van der Waals surface area contributed by atoms with Crippen LogP contribution in [-0.2, 0) is 28.6 Å². The summed E-state index contributed by atoms with van der Waals surface area (Å²) in [6.07, 6.45) is 7.29. The quantitative estimate of drug-likeness (QED) is 0.0305. The molecule has 0 saturated heterocycles. The number of phenols is 1. The molecule has 2 saturated carbocycles. The maximum absolute atomic E-state index is 15.4. The van der Waals surface area contributed by atoms with Gasteiger partial charge in [0.05, 0.1) is 72.8 Å². The van der Waals surface area contributed by atoms with Crippen molar-refractivity contribution in [2.75, 3.05) is 65.4 Å². The largest absolute Gasteiger partial charge is 0.507 e. The fraction of sp³-hybridized carbons (Fsp3) is 0.576. The van der Waals surface area contributed by atoms with E-state index in [4.69, 9.17) is 28.4 Å². The number of carbonyl (C=O) groups excluding carboxylic acids is 3. The highest BCUT2D eigenvalue weighted by atomic mass is 16.5. The molecule has 0 aliphatic heterocycles. The van der Waals surface area contributed by atoms with Crippen LogP contribution in [0.2, 0.25) is 0 Å². The van der Waals surface area contributed by atoms with Crippen molar-refractivity contribution >= 4 is 78.1 Å². The summed E-state index contributed by atoms with van der Waals surface area (Å²) < 4.78 is 35.9. The number of nitrogens with one attached hydrogen (secondary N) is 4. The molecule has 16 heteroatoms. The molecule has 16 nitrogen and oxygen atoms in total. The number of Topliss-reactive ketones (excluding diaryl/α,β-unsaturated/α-hetero) is 1. The van der Waals surface area contributed by atoms with E-state index in [0.717, 1.165) is 6.42 Å². The van der Waals surface area contributed by atoms with Gasteiger partial charge in [0.2, 0.25) is 22.7 Å². The number of fused-ring (bicyclic) bond motifs is 1. The molecular weight excluding hydrogens is 957 g/mol. The van der Waals surface area contributed by atoms with E-state index in [1.54, 1.807) is 13.2 Å². The van der Waals surface area contributed by atoms with E-state index in [0.29, 0.717) is 138 Å². The van der Waals surface area contributed by atoms with Crippen molar-refractivity contribution in [1.29, 1.82) is 0 Å². The van der Waals surface area contributed by atoms with Crippen molar-refractivity contribution in [3.63, 3.8) is 0 Å². The molecule has 3 aliphatic carbocycles. The van der Waals surface area contributed by atoms with Gasteiger partial charge in [0.25, 0.3) is 0 Å². The molecule has 5 N–H and O–H groups in total. The number of aromatic hydroxyl groups is 1. The van der Waals surface area contributed by atoms with Gasteiger partial charge >= 0.3 is 0 Å². The number of allylic oxidation sites excluding steroid dienone is 1. The van der Waals surface area contributed by atoms with Gasteiger partial charge in [0.1, 0.15) is 23.0 Å². The number of carbonyl (C=O) groups is 3. The van der Waals surface area contributed by atoms with E-state index in [2.05, 4.69) is 21.3 Å². The van der Waals surface area contributed by atoms with Crippen molar-refractivity contribution in [1.82, 2.24) is 10.6 Å². The number of benzene rings is 5. The monoisotopic (exact) mass is 1030 g/mol. The molecule has 0 radical (unpaired) electrons. The van der Waals surface area contributed by atoms with Gasteiger partial charge in [-0.05, 0) is 125 Å². The second-order valence-electron chi connectivity index (χ2n) is 22.8. The topological polar surface area (TPSA) is 209 Å². The summed E-state index contributed by atoms with van der Waals surface area (Å²) in [6, 6.07) is 2.68. The lowest BCUT2D eigenvalue weighted by Gasteiger charge is -2.29. The Morgan fingerprint density at radius 1 is 0.653 bits per heavy atom. The first kappa shape index (κ1) is 55.3. The average molecular weight is 1040 g/mol. The minimum absolute atomic E-state index is 0.0183. The van der Waals surface area contributed by atoms with Gasteiger partial charge in [0.15, 0.2) is 5.75 Å². The number of ketones is 1. The zero-order chi connectivity index (χ0) is 54.5. The highest BCUT2D eigenvalue weighted by molar-refractivity contribution is 6.40. The van der Waals surface area contributed by atoms with Crippen LogP contribution in [0.5, 0.6) is 23.0 Å². The van der Waals surface area contributed by atoms with Crippen LogP contribution in [0, 0.1) is 11.8 Å². The second kappa shape index (κ2) is 21.6. The van der Waals surface area contributed by atoms with E-state index in [-0.39, 0.29) is 86.4 Å². The fourth-order valence-corrected chi connectivity index (χ4v) is 12.1. The van der Waals surface area contributed by atoms with Gasteiger partial charge in [-0.15, -0.1) is 0 Å². The van der Waals surface area contributed by atoms with E-state index < -0.39 is 22.4 Å². The summed E-state index contributed by atoms with van der Waals surface area (Å²) in [5.74, 6) is -1.60. The molecule has 0 aromatic heterocycles. The number of anilines is 2. The van der Waals surface area contributed by atoms with Crippen LogP contribution in [-0.4, -0.2) is 106 Å². The van der Waals surface area contributed by atoms with Crippen LogP contribution < -0.4 is 46.3 Å². The summed E-state index contributed by atoms with van der Waals surface area (Å²) in [7, 11) is 6.11. The summed E-state index contributed by atoms with van der Waals surface area (Å²) in [6.45, 7) is 19.3. The summed E-state index contributed by atoms with van der Waals surface area (Å²) in [4.78, 5) is 72.2. The Labute approximate surface area is 439 Å². The highest BCUT2D eigenvalue weighted by Crippen LogP contribution is 2.56. The van der Waals surface area contributed by atoms with Crippen molar-refractivity contribution in [3.8, 4) is 23.0 Å². The molecule has 3 aliphatic rings. The number of hydrogen-bond donors (Lipinski definition) is 5. The van der Waals surface area contributed by atoms with Gasteiger partial charge in [-0.25, -0.2) is 0 Å². The van der Waals surface area contributed by atoms with Gasteiger partial charge in [0, 0.05) is 101 Å². The molecule has 0 spiro atoms. The smallest absolute Gasteiger partial charge is 0.230 e. The Balaban J connectivity index is 1.22. The molecule has 2 fully saturated rings. The zero-order valence-electron chi connectivity index (χ0n) is 46.2. The molecule has 0 bridgehead atoms. The van der Waals surface area contributed by atoms with Crippen molar-refractivity contribution in [3.05, 3.63) is 49.3 Å².